The second kappa shape index (κ2) is 7.73. The number of carbonyl (C=O) groups is 3. The molecule has 1 heterocycles. The third-order valence-electron chi connectivity index (χ3n) is 3.69. The largest absolute Gasteiger partial charge is 0.497 e. The molecule has 1 aliphatic rings. The molecule has 124 valence electrons. The quantitative estimate of drug-likeness (QED) is 0.746. The van der Waals surface area contributed by atoms with Gasteiger partial charge in [-0.1, -0.05) is 12.1 Å². The molecule has 1 N–H and O–H groups in total. The highest BCUT2D eigenvalue weighted by atomic mass is 16.5. The predicted octanol–water partition coefficient (Wildman–Crippen LogP) is 0.648. The van der Waals surface area contributed by atoms with Crippen LogP contribution < -0.4 is 10.1 Å². The van der Waals surface area contributed by atoms with Crippen molar-refractivity contribution in [2.24, 2.45) is 0 Å². The molecule has 0 aromatic heterocycles. The van der Waals surface area contributed by atoms with Crippen molar-refractivity contribution < 1.29 is 23.9 Å². The fourth-order valence-electron chi connectivity index (χ4n) is 2.38. The van der Waals surface area contributed by atoms with Gasteiger partial charge in [-0.15, -0.1) is 0 Å². The van der Waals surface area contributed by atoms with Crippen LogP contribution in [-0.2, 0) is 19.1 Å². The van der Waals surface area contributed by atoms with Crippen molar-refractivity contribution in [3.8, 4) is 5.75 Å². The van der Waals surface area contributed by atoms with Crippen LogP contribution in [0.1, 0.15) is 24.5 Å². The Hall–Kier alpha value is -2.41. The zero-order valence-corrected chi connectivity index (χ0v) is 13.2. The molecule has 0 radical (unpaired) electrons. The first kappa shape index (κ1) is 17.0. The maximum atomic E-state index is 11.9. The first-order valence-electron chi connectivity index (χ1n) is 7.31. The van der Waals surface area contributed by atoms with E-state index in [0.29, 0.717) is 5.75 Å². The number of likely N-dealkylation sites (tertiary alicyclic amines) is 1. The number of imide groups is 1. The smallest absolute Gasteiger partial charge is 0.240 e. The third kappa shape index (κ3) is 4.29. The molecule has 7 heteroatoms. The molecule has 1 aromatic carbocycles. The normalized spacial score (nSPS) is 15.7. The molecule has 0 aliphatic carbocycles. The minimum Gasteiger partial charge on any atom is -0.497 e. The van der Waals surface area contributed by atoms with Gasteiger partial charge in [-0.2, -0.15) is 0 Å². The predicted molar refractivity (Wildman–Crippen MR) is 81.7 cm³/mol. The van der Waals surface area contributed by atoms with Gasteiger partial charge in [-0.05, 0) is 17.7 Å². The Morgan fingerprint density at radius 2 is 1.96 bits per heavy atom. The van der Waals surface area contributed by atoms with Crippen molar-refractivity contribution in [3.63, 3.8) is 0 Å². The fraction of sp³-hybridized carbons (Fsp3) is 0.438. The van der Waals surface area contributed by atoms with Gasteiger partial charge in [0.25, 0.3) is 0 Å². The van der Waals surface area contributed by atoms with Crippen LogP contribution in [0.15, 0.2) is 24.3 Å². The molecule has 2 rings (SSSR count). The zero-order chi connectivity index (χ0) is 16.8. The SMILES string of the molecule is COc1cccc([C@@H](CNC(=O)CN2C(=O)CCC2=O)OC)c1. The fourth-order valence-corrected chi connectivity index (χ4v) is 2.38. The molecule has 1 fully saturated rings. The summed E-state index contributed by atoms with van der Waals surface area (Å²) in [5.74, 6) is -0.301. The molecule has 0 unspecified atom stereocenters. The number of amides is 3. The number of rotatable bonds is 7. The van der Waals surface area contributed by atoms with Gasteiger partial charge >= 0.3 is 0 Å². The lowest BCUT2D eigenvalue weighted by atomic mass is 10.1. The van der Waals surface area contributed by atoms with Crippen molar-refractivity contribution in [2.75, 3.05) is 27.3 Å². The average molecular weight is 320 g/mol. The number of ether oxygens (including phenoxy) is 2. The van der Waals surface area contributed by atoms with Crippen LogP contribution in [0.25, 0.3) is 0 Å². The lowest BCUT2D eigenvalue weighted by Gasteiger charge is -2.18. The Morgan fingerprint density at radius 1 is 1.26 bits per heavy atom. The van der Waals surface area contributed by atoms with Crippen LogP contribution in [-0.4, -0.2) is 49.9 Å². The summed E-state index contributed by atoms with van der Waals surface area (Å²) in [7, 11) is 3.12. The van der Waals surface area contributed by atoms with Crippen LogP contribution in [0, 0.1) is 0 Å². The van der Waals surface area contributed by atoms with Gasteiger partial charge in [-0.3, -0.25) is 19.3 Å². The lowest BCUT2D eigenvalue weighted by molar-refractivity contribution is -0.142. The minimum absolute atomic E-state index is 0.177. The Balaban J connectivity index is 1.90. The summed E-state index contributed by atoms with van der Waals surface area (Å²) in [4.78, 5) is 35.9. The summed E-state index contributed by atoms with van der Waals surface area (Å²) >= 11 is 0. The van der Waals surface area contributed by atoms with E-state index in [9.17, 15) is 14.4 Å². The molecule has 0 bridgehead atoms. The van der Waals surface area contributed by atoms with E-state index >= 15 is 0 Å². The summed E-state index contributed by atoms with van der Waals surface area (Å²) < 4.78 is 10.5. The van der Waals surface area contributed by atoms with Gasteiger partial charge in [0.1, 0.15) is 12.3 Å². The Kier molecular flexibility index (Phi) is 5.70. The highest BCUT2D eigenvalue weighted by molar-refractivity contribution is 6.04. The molecule has 0 spiro atoms. The summed E-state index contributed by atoms with van der Waals surface area (Å²) in [5, 5.41) is 2.69. The second-order valence-corrected chi connectivity index (χ2v) is 5.18. The van der Waals surface area contributed by atoms with E-state index in [2.05, 4.69) is 5.32 Å². The van der Waals surface area contributed by atoms with E-state index in [1.807, 2.05) is 24.3 Å². The van der Waals surface area contributed by atoms with Crippen molar-refractivity contribution >= 4 is 17.7 Å². The van der Waals surface area contributed by atoms with Crippen LogP contribution in [0.3, 0.4) is 0 Å². The van der Waals surface area contributed by atoms with Crippen molar-refractivity contribution in [1.82, 2.24) is 10.2 Å². The maximum absolute atomic E-state index is 11.9. The number of nitrogens with one attached hydrogen (secondary N) is 1. The highest BCUT2D eigenvalue weighted by Gasteiger charge is 2.30. The molecule has 0 saturated carbocycles. The zero-order valence-electron chi connectivity index (χ0n) is 13.2. The number of hydrogen-bond donors (Lipinski definition) is 1. The summed E-state index contributed by atoms with van der Waals surface area (Å²) in [5.41, 5.74) is 0.862. The first-order valence-corrected chi connectivity index (χ1v) is 7.31. The van der Waals surface area contributed by atoms with Gasteiger partial charge in [0.2, 0.25) is 17.7 Å². The van der Waals surface area contributed by atoms with E-state index in [1.54, 1.807) is 14.2 Å². The van der Waals surface area contributed by atoms with Crippen LogP contribution in [0.2, 0.25) is 0 Å². The third-order valence-corrected chi connectivity index (χ3v) is 3.69. The van der Waals surface area contributed by atoms with E-state index in [-0.39, 0.29) is 43.8 Å². The number of benzene rings is 1. The number of hydrogen-bond acceptors (Lipinski definition) is 5. The van der Waals surface area contributed by atoms with E-state index in [0.717, 1.165) is 10.5 Å². The van der Waals surface area contributed by atoms with Gasteiger partial charge in [-0.25, -0.2) is 0 Å². The van der Waals surface area contributed by atoms with Gasteiger partial charge in [0.05, 0.1) is 13.2 Å². The Bertz CT molecular complexity index is 586. The molecule has 1 aromatic rings. The minimum atomic E-state index is -0.390. The van der Waals surface area contributed by atoms with Crippen LogP contribution in [0.4, 0.5) is 0 Å². The molecule has 7 nitrogen and oxygen atoms in total. The van der Waals surface area contributed by atoms with Gasteiger partial charge < -0.3 is 14.8 Å². The van der Waals surface area contributed by atoms with Crippen molar-refractivity contribution in [2.45, 2.75) is 18.9 Å². The second-order valence-electron chi connectivity index (χ2n) is 5.18. The molecular weight excluding hydrogens is 300 g/mol. The van der Waals surface area contributed by atoms with Gasteiger partial charge in [0.15, 0.2) is 0 Å². The summed E-state index contributed by atoms with van der Waals surface area (Å²) in [6.07, 6.45) is 0.00628. The standard InChI is InChI=1S/C16H20N2O5/c1-22-12-5-3-4-11(8-12)13(23-2)9-17-14(19)10-18-15(20)6-7-16(18)21/h3-5,8,13H,6-7,9-10H2,1-2H3,(H,17,19)/t13-/m1/s1. The highest BCUT2D eigenvalue weighted by Crippen LogP contribution is 2.21. The molecule has 1 atom stereocenters. The molecule has 3 amide bonds. The number of nitrogens with zero attached hydrogens (tertiary/aromatic N) is 1. The van der Waals surface area contributed by atoms with Gasteiger partial charge in [0, 0.05) is 26.5 Å². The van der Waals surface area contributed by atoms with Crippen LogP contribution in [0.5, 0.6) is 5.75 Å². The van der Waals surface area contributed by atoms with E-state index < -0.39 is 5.91 Å². The van der Waals surface area contributed by atoms with E-state index in [1.165, 1.54) is 0 Å². The number of methoxy groups -OCH3 is 2. The summed E-state index contributed by atoms with van der Waals surface area (Å²) in [6, 6.07) is 7.35. The number of carbonyl (C=O) groups excluding carboxylic acids is 3. The lowest BCUT2D eigenvalue weighted by Crippen LogP contribution is -2.41. The molecule has 1 saturated heterocycles. The monoisotopic (exact) mass is 320 g/mol. The Labute approximate surface area is 134 Å². The van der Waals surface area contributed by atoms with Crippen molar-refractivity contribution in [3.05, 3.63) is 29.8 Å². The first-order chi connectivity index (χ1) is 11.0. The summed E-state index contributed by atoms with van der Waals surface area (Å²) in [6.45, 7) is -0.00899. The maximum Gasteiger partial charge on any atom is 0.240 e. The van der Waals surface area contributed by atoms with Crippen molar-refractivity contribution in [1.29, 1.82) is 0 Å². The average Bonchev–Trinajstić information content (AvgIpc) is 2.87. The molecular formula is C16H20N2O5. The van der Waals surface area contributed by atoms with Crippen LogP contribution >= 0.6 is 0 Å². The Morgan fingerprint density at radius 3 is 2.57 bits per heavy atom. The topological polar surface area (TPSA) is 84.9 Å². The molecule has 1 aliphatic heterocycles. The molecule has 23 heavy (non-hydrogen) atoms. The van der Waals surface area contributed by atoms with E-state index in [4.69, 9.17) is 9.47 Å².